The van der Waals surface area contributed by atoms with Crippen LogP contribution >= 0.6 is 11.8 Å². The maximum atomic E-state index is 13.8. The van der Waals surface area contributed by atoms with E-state index < -0.39 is 6.04 Å². The van der Waals surface area contributed by atoms with Crippen LogP contribution in [0.15, 0.2) is 119 Å². The van der Waals surface area contributed by atoms with Crippen LogP contribution in [-0.2, 0) is 22.7 Å². The molecule has 2 amide bonds. The molecule has 0 saturated heterocycles. The number of hydrazone groups is 1. The fourth-order valence-corrected chi connectivity index (χ4v) is 6.02. The van der Waals surface area contributed by atoms with Gasteiger partial charge < -0.3 is 19.4 Å². The summed E-state index contributed by atoms with van der Waals surface area (Å²) in [6.45, 7) is 0.425. The Labute approximate surface area is 281 Å². The van der Waals surface area contributed by atoms with Crippen molar-refractivity contribution in [2.45, 2.75) is 30.7 Å². The van der Waals surface area contributed by atoms with Gasteiger partial charge in [-0.3, -0.25) is 9.59 Å². The molecule has 0 fully saturated rings. The normalized spacial score (nSPS) is 14.0. The Balaban J connectivity index is 1.18. The van der Waals surface area contributed by atoms with Gasteiger partial charge in [-0.15, -0.1) is 10.2 Å². The van der Waals surface area contributed by atoms with Crippen LogP contribution < -0.4 is 14.8 Å². The van der Waals surface area contributed by atoms with E-state index in [1.54, 1.807) is 31.4 Å². The minimum absolute atomic E-state index is 0.0291. The number of carbonyl (C=O) groups excluding carboxylic acids is 2. The highest BCUT2D eigenvalue weighted by atomic mass is 32.2. The number of hydrogen-bond acceptors (Lipinski definition) is 8. The SMILES string of the molecule is COc1ccc(C2=NN(C(=O)CSc3nnc(CNC(=O)COc4ccccc4)n3Cc3ccccc3)C(c3ccc(F)cc3)C2)cc1. The number of hydrogen-bond donors (Lipinski definition) is 1. The molecule has 1 unspecified atom stereocenters. The topological polar surface area (TPSA) is 111 Å². The van der Waals surface area contributed by atoms with E-state index >= 15 is 0 Å². The van der Waals surface area contributed by atoms with Gasteiger partial charge in [0.25, 0.3) is 11.8 Å². The van der Waals surface area contributed by atoms with Gasteiger partial charge in [-0.1, -0.05) is 72.4 Å². The minimum atomic E-state index is -0.401. The fourth-order valence-electron chi connectivity index (χ4n) is 5.21. The lowest BCUT2D eigenvalue weighted by Gasteiger charge is -2.22. The Hall–Kier alpha value is -5.49. The Morgan fingerprint density at radius 1 is 0.896 bits per heavy atom. The Morgan fingerprint density at radius 2 is 1.60 bits per heavy atom. The van der Waals surface area contributed by atoms with Crippen molar-refractivity contribution in [3.8, 4) is 11.5 Å². The highest BCUT2D eigenvalue weighted by molar-refractivity contribution is 7.99. The molecule has 1 atom stereocenters. The van der Waals surface area contributed by atoms with Gasteiger partial charge in [-0.05, 0) is 65.2 Å². The van der Waals surface area contributed by atoms with E-state index in [9.17, 15) is 14.0 Å². The van der Waals surface area contributed by atoms with E-state index in [1.165, 1.54) is 28.9 Å². The van der Waals surface area contributed by atoms with E-state index in [2.05, 4.69) is 15.5 Å². The first-order chi connectivity index (χ1) is 23.5. The van der Waals surface area contributed by atoms with Gasteiger partial charge in [0.15, 0.2) is 17.6 Å². The number of ether oxygens (including phenoxy) is 2. The predicted molar refractivity (Wildman–Crippen MR) is 180 cm³/mol. The van der Waals surface area contributed by atoms with Gasteiger partial charge in [-0.2, -0.15) is 5.10 Å². The van der Waals surface area contributed by atoms with E-state index in [1.807, 2.05) is 77.4 Å². The molecule has 5 aromatic rings. The third-order valence-corrected chi connectivity index (χ3v) is 8.65. The molecule has 4 aromatic carbocycles. The molecule has 6 rings (SSSR count). The number of carbonyl (C=O) groups is 2. The lowest BCUT2D eigenvalue weighted by molar-refractivity contribution is -0.130. The van der Waals surface area contributed by atoms with Crippen LogP contribution in [0.25, 0.3) is 0 Å². The van der Waals surface area contributed by atoms with Crippen molar-refractivity contribution in [2.24, 2.45) is 5.10 Å². The molecule has 2 heterocycles. The van der Waals surface area contributed by atoms with Gasteiger partial charge in [0.2, 0.25) is 0 Å². The van der Waals surface area contributed by atoms with Crippen LogP contribution in [0.5, 0.6) is 11.5 Å². The first-order valence-electron chi connectivity index (χ1n) is 15.3. The summed E-state index contributed by atoms with van der Waals surface area (Å²) in [5, 5.41) is 18.3. The molecule has 244 valence electrons. The minimum Gasteiger partial charge on any atom is -0.497 e. The summed E-state index contributed by atoms with van der Waals surface area (Å²) in [7, 11) is 1.60. The first kappa shape index (κ1) is 32.5. The van der Waals surface area contributed by atoms with Gasteiger partial charge in [0.1, 0.15) is 17.3 Å². The van der Waals surface area contributed by atoms with Crippen LogP contribution in [0.2, 0.25) is 0 Å². The van der Waals surface area contributed by atoms with Crippen molar-refractivity contribution in [3.63, 3.8) is 0 Å². The van der Waals surface area contributed by atoms with Crippen molar-refractivity contribution < 1.29 is 23.5 Å². The van der Waals surface area contributed by atoms with Gasteiger partial charge in [0.05, 0.1) is 37.7 Å². The molecule has 0 aliphatic carbocycles. The number of benzene rings is 4. The zero-order chi connectivity index (χ0) is 33.3. The summed E-state index contributed by atoms with van der Waals surface area (Å²) in [5.41, 5.74) is 3.40. The summed E-state index contributed by atoms with van der Waals surface area (Å²) in [5.74, 6) is 0.992. The van der Waals surface area contributed by atoms with Crippen molar-refractivity contribution in [1.82, 2.24) is 25.1 Å². The third-order valence-electron chi connectivity index (χ3n) is 7.70. The summed E-state index contributed by atoms with van der Waals surface area (Å²) < 4.78 is 26.5. The number of aromatic nitrogens is 3. The molecule has 10 nitrogen and oxygen atoms in total. The quantitative estimate of drug-likeness (QED) is 0.162. The Bertz CT molecular complexity index is 1870. The van der Waals surface area contributed by atoms with E-state index in [-0.39, 0.29) is 36.5 Å². The van der Waals surface area contributed by atoms with Crippen molar-refractivity contribution >= 4 is 29.3 Å². The van der Waals surface area contributed by atoms with Crippen LogP contribution in [0, 0.1) is 5.82 Å². The smallest absolute Gasteiger partial charge is 0.258 e. The maximum absolute atomic E-state index is 13.8. The molecule has 1 aliphatic heterocycles. The highest BCUT2D eigenvalue weighted by Gasteiger charge is 2.33. The van der Waals surface area contributed by atoms with Crippen molar-refractivity contribution in [3.05, 3.63) is 138 Å². The number of nitrogens with zero attached hydrogens (tertiary/aromatic N) is 5. The number of methoxy groups -OCH3 is 1. The molecule has 0 bridgehead atoms. The van der Waals surface area contributed by atoms with Crippen LogP contribution in [-0.4, -0.2) is 56.8 Å². The second-order valence-electron chi connectivity index (χ2n) is 10.9. The van der Waals surface area contributed by atoms with Crippen LogP contribution in [0.4, 0.5) is 4.39 Å². The predicted octanol–water partition coefficient (Wildman–Crippen LogP) is 5.64. The summed E-state index contributed by atoms with van der Waals surface area (Å²) in [6, 6.07) is 32.2. The number of para-hydroxylation sites is 1. The number of rotatable bonds is 13. The lowest BCUT2D eigenvalue weighted by Crippen LogP contribution is -2.30. The highest BCUT2D eigenvalue weighted by Crippen LogP contribution is 2.34. The summed E-state index contributed by atoms with van der Waals surface area (Å²) in [4.78, 5) is 26.4. The summed E-state index contributed by atoms with van der Waals surface area (Å²) >= 11 is 1.24. The van der Waals surface area contributed by atoms with Crippen LogP contribution in [0.3, 0.4) is 0 Å². The lowest BCUT2D eigenvalue weighted by atomic mass is 9.98. The molecule has 0 radical (unpaired) electrons. The number of amides is 2. The number of nitrogens with one attached hydrogen (secondary N) is 1. The second kappa shape index (κ2) is 15.4. The van der Waals surface area contributed by atoms with Gasteiger partial charge >= 0.3 is 0 Å². The maximum Gasteiger partial charge on any atom is 0.258 e. The molecule has 0 spiro atoms. The van der Waals surface area contributed by atoms with Crippen molar-refractivity contribution in [1.29, 1.82) is 0 Å². The van der Waals surface area contributed by atoms with E-state index in [0.717, 1.165) is 28.2 Å². The molecule has 1 aliphatic rings. The molecule has 12 heteroatoms. The third kappa shape index (κ3) is 8.07. The molecular formula is C36H33FN6O4S. The number of halogens is 1. The molecule has 1 N–H and O–H groups in total. The molecule has 48 heavy (non-hydrogen) atoms. The monoisotopic (exact) mass is 664 g/mol. The van der Waals surface area contributed by atoms with Crippen molar-refractivity contribution in [2.75, 3.05) is 19.5 Å². The zero-order valence-corrected chi connectivity index (χ0v) is 27.0. The first-order valence-corrected chi connectivity index (χ1v) is 16.3. The Kier molecular flexibility index (Phi) is 10.4. The largest absolute Gasteiger partial charge is 0.497 e. The van der Waals surface area contributed by atoms with E-state index in [4.69, 9.17) is 14.6 Å². The second-order valence-corrected chi connectivity index (χ2v) is 11.9. The van der Waals surface area contributed by atoms with Gasteiger partial charge in [0, 0.05) is 6.42 Å². The average molecular weight is 665 g/mol. The molecule has 0 saturated carbocycles. The van der Waals surface area contributed by atoms with Gasteiger partial charge in [-0.25, -0.2) is 9.40 Å². The zero-order valence-electron chi connectivity index (χ0n) is 26.2. The molecule has 1 aromatic heterocycles. The standard InChI is InChI=1S/C36H33FN6O4S/c1-46-29-18-14-26(15-19-29)31-20-32(27-12-16-28(37)17-13-27)43(41-31)35(45)24-48-36-40-39-33(42(36)22-25-8-4-2-5-9-25)21-38-34(44)23-47-30-10-6-3-7-11-30/h2-19,32H,20-24H2,1H3,(H,38,44). The fraction of sp³-hybridized carbons (Fsp3) is 0.194. The number of thioether (sulfide) groups is 1. The molecular weight excluding hydrogens is 631 g/mol. The Morgan fingerprint density at radius 3 is 2.31 bits per heavy atom. The van der Waals surface area contributed by atoms with Crippen LogP contribution in [0.1, 0.15) is 35.0 Å². The summed E-state index contributed by atoms with van der Waals surface area (Å²) in [6.07, 6.45) is 0.469. The average Bonchev–Trinajstić information content (AvgIpc) is 3.74. The van der Waals surface area contributed by atoms with E-state index in [0.29, 0.717) is 29.7 Å².